The maximum absolute atomic E-state index is 2.32. The van der Waals surface area contributed by atoms with Gasteiger partial charge in [0.2, 0.25) is 0 Å². The molecule has 1 aromatic carbocycles. The second-order valence-electron chi connectivity index (χ2n) is 4.97. The lowest BCUT2D eigenvalue weighted by Gasteiger charge is -2.18. The van der Waals surface area contributed by atoms with Crippen LogP contribution in [-0.2, 0) is 12.8 Å². The largest absolute Gasteiger partial charge is 0.309 e. The topological polar surface area (TPSA) is 3.24 Å². The number of hydrogen-bond acceptors (Lipinski definition) is 1. The van der Waals surface area contributed by atoms with Crippen LogP contribution in [0.25, 0.3) is 0 Å². The molecule has 15 heavy (non-hydrogen) atoms. The van der Waals surface area contributed by atoms with Crippen LogP contribution in [0.15, 0.2) is 24.3 Å². The van der Waals surface area contributed by atoms with Crippen LogP contribution >= 0.6 is 0 Å². The molecule has 0 unspecified atom stereocenters. The van der Waals surface area contributed by atoms with Crippen LogP contribution in [0.4, 0.5) is 0 Å². The third kappa shape index (κ3) is 2.82. The van der Waals surface area contributed by atoms with Gasteiger partial charge in [-0.05, 0) is 56.8 Å². The van der Waals surface area contributed by atoms with Gasteiger partial charge in [0.05, 0.1) is 0 Å². The summed E-state index contributed by atoms with van der Waals surface area (Å²) >= 11 is 0. The molecular formula is C14H21N. The van der Waals surface area contributed by atoms with E-state index in [4.69, 9.17) is 0 Å². The molecule has 1 aliphatic carbocycles. The van der Waals surface area contributed by atoms with Gasteiger partial charge in [-0.3, -0.25) is 0 Å². The fourth-order valence-electron chi connectivity index (χ4n) is 2.61. The molecule has 0 saturated carbocycles. The lowest BCUT2D eigenvalue weighted by molar-refractivity contribution is 0.303. The third-order valence-electron chi connectivity index (χ3n) is 3.39. The summed E-state index contributed by atoms with van der Waals surface area (Å²) in [5.41, 5.74) is 3.16. The Bertz CT molecular complexity index is 290. The monoisotopic (exact) mass is 203 g/mol. The summed E-state index contributed by atoms with van der Waals surface area (Å²) in [6, 6.07) is 8.94. The predicted octanol–water partition coefficient (Wildman–Crippen LogP) is 2.74. The molecule has 0 spiro atoms. The van der Waals surface area contributed by atoms with Crippen molar-refractivity contribution in [1.29, 1.82) is 0 Å². The number of fused-ring (bicyclic) bond motifs is 1. The van der Waals surface area contributed by atoms with E-state index in [-0.39, 0.29) is 0 Å². The molecule has 0 saturated heterocycles. The van der Waals surface area contributed by atoms with Crippen LogP contribution in [0.2, 0.25) is 0 Å². The zero-order valence-corrected chi connectivity index (χ0v) is 9.87. The highest BCUT2D eigenvalue weighted by molar-refractivity contribution is 5.28. The normalized spacial score (nSPS) is 17.5. The van der Waals surface area contributed by atoms with Gasteiger partial charge in [-0.1, -0.05) is 24.3 Å². The number of hydrogen-bond donors (Lipinski definition) is 0. The van der Waals surface area contributed by atoms with E-state index in [1.165, 1.54) is 32.2 Å². The van der Waals surface area contributed by atoms with Crippen molar-refractivity contribution in [2.75, 3.05) is 20.6 Å². The molecule has 0 fully saturated rings. The van der Waals surface area contributed by atoms with Crippen LogP contribution in [0.3, 0.4) is 0 Å². The van der Waals surface area contributed by atoms with Crippen molar-refractivity contribution < 1.29 is 0 Å². The summed E-state index contributed by atoms with van der Waals surface area (Å²) in [6.07, 6.45) is 5.26. The van der Waals surface area contributed by atoms with Crippen LogP contribution in [0.5, 0.6) is 0 Å². The summed E-state index contributed by atoms with van der Waals surface area (Å²) in [4.78, 5) is 2.32. The smallest absolute Gasteiger partial charge is 0.000379 e. The lowest BCUT2D eigenvalue weighted by Crippen LogP contribution is -2.21. The lowest BCUT2D eigenvalue weighted by atomic mass is 9.99. The summed E-state index contributed by atoms with van der Waals surface area (Å²) in [7, 11) is 4.36. The molecule has 1 aromatic rings. The molecule has 0 aromatic heterocycles. The van der Waals surface area contributed by atoms with Gasteiger partial charge in [-0.2, -0.15) is 0 Å². The van der Waals surface area contributed by atoms with Gasteiger partial charge in [0.15, 0.2) is 0 Å². The molecule has 0 bridgehead atoms. The molecule has 1 heteroatoms. The number of aryl methyl sites for hydroxylation is 2. The van der Waals surface area contributed by atoms with Crippen molar-refractivity contribution in [3.05, 3.63) is 35.4 Å². The highest BCUT2D eigenvalue weighted by Crippen LogP contribution is 2.24. The van der Waals surface area contributed by atoms with E-state index in [2.05, 4.69) is 43.3 Å². The Kier molecular flexibility index (Phi) is 3.42. The van der Waals surface area contributed by atoms with Gasteiger partial charge < -0.3 is 4.90 Å². The summed E-state index contributed by atoms with van der Waals surface area (Å²) < 4.78 is 0. The minimum atomic E-state index is 0.882. The number of benzene rings is 1. The van der Waals surface area contributed by atoms with E-state index >= 15 is 0 Å². The van der Waals surface area contributed by atoms with E-state index in [0.29, 0.717) is 0 Å². The van der Waals surface area contributed by atoms with E-state index in [1.54, 1.807) is 11.1 Å². The number of nitrogens with zero attached hydrogens (tertiary/aromatic N) is 1. The van der Waals surface area contributed by atoms with Gasteiger partial charge in [0.25, 0.3) is 0 Å². The first-order valence-corrected chi connectivity index (χ1v) is 5.97. The molecule has 1 aliphatic rings. The summed E-state index contributed by atoms with van der Waals surface area (Å²) in [6.45, 7) is 1.24. The average molecular weight is 203 g/mol. The summed E-state index contributed by atoms with van der Waals surface area (Å²) in [5.74, 6) is 0.882. The van der Waals surface area contributed by atoms with Crippen LogP contribution < -0.4 is 0 Å². The van der Waals surface area contributed by atoms with Crippen molar-refractivity contribution in [2.45, 2.75) is 25.7 Å². The van der Waals surface area contributed by atoms with E-state index in [9.17, 15) is 0 Å². The second kappa shape index (κ2) is 4.80. The molecular weight excluding hydrogens is 182 g/mol. The molecule has 0 aliphatic heterocycles. The van der Waals surface area contributed by atoms with Crippen LogP contribution in [0.1, 0.15) is 24.0 Å². The first-order chi connectivity index (χ1) is 7.25. The minimum Gasteiger partial charge on any atom is -0.309 e. The molecule has 82 valence electrons. The molecule has 0 radical (unpaired) electrons. The first-order valence-electron chi connectivity index (χ1n) is 5.97. The fraction of sp³-hybridized carbons (Fsp3) is 0.571. The molecule has 2 rings (SSSR count). The van der Waals surface area contributed by atoms with Crippen molar-refractivity contribution in [3.63, 3.8) is 0 Å². The highest BCUT2D eigenvalue weighted by atomic mass is 15.1. The Morgan fingerprint density at radius 1 is 1.07 bits per heavy atom. The quantitative estimate of drug-likeness (QED) is 0.668. The summed E-state index contributed by atoms with van der Waals surface area (Å²) in [5, 5.41) is 0. The standard InChI is InChI=1S/C14H21N/c1-15(2)11-12-7-9-13-5-3-4-6-14(13)10-8-12/h3-6,12H,7-11H2,1-2H3. The molecule has 1 nitrogen and oxygen atoms in total. The zero-order valence-electron chi connectivity index (χ0n) is 9.87. The van der Waals surface area contributed by atoms with Crippen molar-refractivity contribution >= 4 is 0 Å². The van der Waals surface area contributed by atoms with Crippen molar-refractivity contribution in [1.82, 2.24) is 4.90 Å². The maximum Gasteiger partial charge on any atom is 0.000379 e. The number of rotatable bonds is 2. The average Bonchev–Trinajstić information content (AvgIpc) is 2.41. The Balaban J connectivity index is 2.02. The third-order valence-corrected chi connectivity index (χ3v) is 3.39. The van der Waals surface area contributed by atoms with Crippen molar-refractivity contribution in [2.24, 2.45) is 5.92 Å². The van der Waals surface area contributed by atoms with E-state index in [1.807, 2.05) is 0 Å². The fourth-order valence-corrected chi connectivity index (χ4v) is 2.61. The van der Waals surface area contributed by atoms with Gasteiger partial charge in [-0.25, -0.2) is 0 Å². The highest BCUT2D eigenvalue weighted by Gasteiger charge is 2.15. The molecule has 0 heterocycles. The van der Waals surface area contributed by atoms with Gasteiger partial charge in [-0.15, -0.1) is 0 Å². The van der Waals surface area contributed by atoms with E-state index in [0.717, 1.165) is 5.92 Å². The molecule has 0 atom stereocenters. The molecule has 0 N–H and O–H groups in total. The van der Waals surface area contributed by atoms with Gasteiger partial charge >= 0.3 is 0 Å². The Morgan fingerprint density at radius 3 is 2.07 bits per heavy atom. The Morgan fingerprint density at radius 2 is 1.60 bits per heavy atom. The van der Waals surface area contributed by atoms with Gasteiger partial charge in [0.1, 0.15) is 0 Å². The Hall–Kier alpha value is -0.820. The van der Waals surface area contributed by atoms with Crippen LogP contribution in [-0.4, -0.2) is 25.5 Å². The maximum atomic E-state index is 2.32. The van der Waals surface area contributed by atoms with E-state index < -0.39 is 0 Å². The second-order valence-corrected chi connectivity index (χ2v) is 4.97. The van der Waals surface area contributed by atoms with Crippen molar-refractivity contribution in [3.8, 4) is 0 Å². The van der Waals surface area contributed by atoms with Crippen LogP contribution in [0, 0.1) is 5.92 Å². The zero-order chi connectivity index (χ0) is 10.7. The van der Waals surface area contributed by atoms with Gasteiger partial charge in [0, 0.05) is 6.54 Å². The predicted molar refractivity (Wildman–Crippen MR) is 65.1 cm³/mol. The first kappa shape index (κ1) is 10.7. The Labute approximate surface area is 93.1 Å². The minimum absolute atomic E-state index is 0.882. The molecule has 0 amide bonds. The SMILES string of the molecule is CN(C)CC1CCc2ccccc2CC1.